The van der Waals surface area contributed by atoms with Crippen LogP contribution < -0.4 is 10.5 Å². The predicted octanol–water partition coefficient (Wildman–Crippen LogP) is 2.63. The summed E-state index contributed by atoms with van der Waals surface area (Å²) in [5.41, 5.74) is 4.20. The third kappa shape index (κ3) is 2.92. The first kappa shape index (κ1) is 15.1. The van der Waals surface area contributed by atoms with Gasteiger partial charge in [-0.25, -0.2) is 26.0 Å². The number of nitrogens with two attached hydrogens (primary N) is 1. The van der Waals surface area contributed by atoms with E-state index < -0.39 is 43.9 Å². The van der Waals surface area contributed by atoms with Crippen LogP contribution in [0.3, 0.4) is 0 Å². The fourth-order valence-electron chi connectivity index (χ4n) is 1.51. The lowest BCUT2D eigenvalue weighted by molar-refractivity contribution is 0.504. The third-order valence-corrected chi connectivity index (χ3v) is 3.91. The van der Waals surface area contributed by atoms with E-state index in [2.05, 4.69) is 0 Å². The Labute approximate surface area is 117 Å². The number of halogens is 4. The van der Waals surface area contributed by atoms with E-state index in [1.54, 1.807) is 4.72 Å². The van der Waals surface area contributed by atoms with Gasteiger partial charge in [-0.05, 0) is 30.3 Å². The zero-order chi connectivity index (χ0) is 15.8. The molecule has 0 atom stereocenters. The molecule has 2 aromatic rings. The van der Waals surface area contributed by atoms with E-state index in [9.17, 15) is 26.0 Å². The van der Waals surface area contributed by atoms with Gasteiger partial charge in [-0.1, -0.05) is 0 Å². The lowest BCUT2D eigenvalue weighted by Crippen LogP contribution is -2.16. The Morgan fingerprint density at radius 3 is 2.14 bits per heavy atom. The van der Waals surface area contributed by atoms with E-state index >= 15 is 0 Å². The lowest BCUT2D eigenvalue weighted by Gasteiger charge is -2.11. The molecule has 0 saturated heterocycles. The van der Waals surface area contributed by atoms with Gasteiger partial charge in [-0.2, -0.15) is 0 Å². The van der Waals surface area contributed by atoms with Crippen LogP contribution in [0.2, 0.25) is 0 Å². The molecular weight excluding hydrogens is 312 g/mol. The van der Waals surface area contributed by atoms with Crippen molar-refractivity contribution >= 4 is 21.4 Å². The van der Waals surface area contributed by atoms with Crippen LogP contribution in [0.1, 0.15) is 0 Å². The Morgan fingerprint density at radius 2 is 1.52 bits per heavy atom. The van der Waals surface area contributed by atoms with E-state index in [1.807, 2.05) is 0 Å². The second-order valence-corrected chi connectivity index (χ2v) is 5.69. The van der Waals surface area contributed by atoms with Gasteiger partial charge in [-0.3, -0.25) is 4.72 Å². The van der Waals surface area contributed by atoms with Gasteiger partial charge < -0.3 is 5.73 Å². The van der Waals surface area contributed by atoms with E-state index in [1.165, 1.54) is 0 Å². The molecule has 0 aliphatic heterocycles. The number of sulfonamides is 1. The number of nitrogen functional groups attached to an aromatic ring is 1. The lowest BCUT2D eigenvalue weighted by atomic mass is 10.2. The minimum Gasteiger partial charge on any atom is -0.397 e. The summed E-state index contributed by atoms with van der Waals surface area (Å²) < 4.78 is 78.0. The Morgan fingerprint density at radius 1 is 0.905 bits per heavy atom. The molecular formula is C12H8F4N2O2S. The number of anilines is 2. The highest BCUT2D eigenvalue weighted by atomic mass is 32.2. The van der Waals surface area contributed by atoms with E-state index in [-0.39, 0.29) is 5.69 Å². The van der Waals surface area contributed by atoms with Crippen LogP contribution in [0.15, 0.2) is 35.2 Å². The molecule has 0 amide bonds. The van der Waals surface area contributed by atoms with Crippen molar-refractivity contribution < 1.29 is 26.0 Å². The highest BCUT2D eigenvalue weighted by Crippen LogP contribution is 2.27. The summed E-state index contributed by atoms with van der Waals surface area (Å²) in [7, 11) is -4.46. The van der Waals surface area contributed by atoms with Gasteiger partial charge in [0.05, 0.1) is 10.6 Å². The molecule has 0 saturated carbocycles. The van der Waals surface area contributed by atoms with Crippen molar-refractivity contribution in [3.8, 4) is 0 Å². The summed E-state index contributed by atoms with van der Waals surface area (Å²) in [5, 5.41) is 0. The monoisotopic (exact) mass is 320 g/mol. The van der Waals surface area contributed by atoms with Crippen molar-refractivity contribution in [2.24, 2.45) is 0 Å². The molecule has 2 rings (SSSR count). The van der Waals surface area contributed by atoms with E-state index in [0.29, 0.717) is 12.1 Å². The van der Waals surface area contributed by atoms with Crippen LogP contribution >= 0.6 is 0 Å². The molecule has 0 bridgehead atoms. The zero-order valence-electron chi connectivity index (χ0n) is 10.2. The number of nitrogens with one attached hydrogen (secondary N) is 1. The van der Waals surface area contributed by atoms with Crippen molar-refractivity contribution in [1.29, 1.82) is 0 Å². The third-order valence-electron chi connectivity index (χ3n) is 2.56. The van der Waals surface area contributed by atoms with Gasteiger partial charge in [0.2, 0.25) is 0 Å². The zero-order valence-corrected chi connectivity index (χ0v) is 11.0. The molecule has 9 heteroatoms. The van der Waals surface area contributed by atoms with Gasteiger partial charge in [-0.15, -0.1) is 0 Å². The fraction of sp³-hybridized carbons (Fsp3) is 0. The highest BCUT2D eigenvalue weighted by Gasteiger charge is 2.21. The smallest absolute Gasteiger partial charge is 0.262 e. The molecule has 0 aromatic heterocycles. The molecule has 2 aromatic carbocycles. The summed E-state index contributed by atoms with van der Waals surface area (Å²) >= 11 is 0. The number of benzene rings is 2. The second kappa shape index (κ2) is 5.24. The first-order chi connectivity index (χ1) is 9.72. The highest BCUT2D eigenvalue weighted by molar-refractivity contribution is 7.92. The summed E-state index contributed by atoms with van der Waals surface area (Å²) in [5.74, 6) is -5.45. The summed E-state index contributed by atoms with van der Waals surface area (Å²) in [4.78, 5) is -0.663. The van der Waals surface area contributed by atoms with Crippen molar-refractivity contribution in [3.63, 3.8) is 0 Å². The maximum absolute atomic E-state index is 13.5. The molecule has 4 nitrogen and oxygen atoms in total. The van der Waals surface area contributed by atoms with E-state index in [0.717, 1.165) is 18.2 Å². The summed E-state index contributed by atoms with van der Waals surface area (Å²) in [6.07, 6.45) is 0. The molecule has 0 heterocycles. The molecule has 112 valence electrons. The van der Waals surface area contributed by atoms with Gasteiger partial charge in [0.25, 0.3) is 10.0 Å². The van der Waals surface area contributed by atoms with Crippen molar-refractivity contribution in [2.75, 3.05) is 10.5 Å². The Balaban J connectivity index is 2.47. The molecule has 3 N–H and O–H groups in total. The molecule has 0 unspecified atom stereocenters. The van der Waals surface area contributed by atoms with E-state index in [4.69, 9.17) is 5.73 Å². The van der Waals surface area contributed by atoms with Crippen LogP contribution in [0.5, 0.6) is 0 Å². The maximum atomic E-state index is 13.5. The topological polar surface area (TPSA) is 72.2 Å². The molecule has 0 radical (unpaired) electrons. The maximum Gasteiger partial charge on any atom is 0.262 e. The molecule has 0 fully saturated rings. The average Bonchev–Trinajstić information content (AvgIpc) is 2.42. The van der Waals surface area contributed by atoms with Crippen molar-refractivity contribution in [1.82, 2.24) is 0 Å². The van der Waals surface area contributed by atoms with Crippen LogP contribution in [0.25, 0.3) is 0 Å². The number of hydrogen-bond acceptors (Lipinski definition) is 3. The quantitative estimate of drug-likeness (QED) is 0.674. The van der Waals surface area contributed by atoms with Crippen molar-refractivity contribution in [3.05, 3.63) is 53.6 Å². The van der Waals surface area contributed by atoms with Crippen molar-refractivity contribution in [2.45, 2.75) is 4.90 Å². The first-order valence-electron chi connectivity index (χ1n) is 5.43. The summed E-state index contributed by atoms with van der Waals surface area (Å²) in [6.45, 7) is 0. The van der Waals surface area contributed by atoms with Gasteiger partial charge >= 0.3 is 0 Å². The molecule has 0 aliphatic rings. The van der Waals surface area contributed by atoms with Crippen LogP contribution in [0.4, 0.5) is 28.9 Å². The van der Waals surface area contributed by atoms with Crippen LogP contribution in [0, 0.1) is 23.3 Å². The average molecular weight is 320 g/mol. The predicted molar refractivity (Wildman–Crippen MR) is 67.9 cm³/mol. The standard InChI is InChI=1S/C12H8F4N2O2S/c13-7-2-1-6(5-9(7)15)21(19,20)18-12-10(17)4-3-8(14)11(12)16/h1-5,18H,17H2. The minimum absolute atomic E-state index is 0.361. The Kier molecular flexibility index (Phi) is 3.77. The second-order valence-electron chi connectivity index (χ2n) is 4.01. The molecule has 0 spiro atoms. The number of rotatable bonds is 3. The fourth-order valence-corrected chi connectivity index (χ4v) is 2.61. The molecule has 0 aliphatic carbocycles. The van der Waals surface area contributed by atoms with Gasteiger partial charge in [0.1, 0.15) is 5.69 Å². The van der Waals surface area contributed by atoms with Gasteiger partial charge in [0, 0.05) is 0 Å². The Bertz CT molecular complexity index is 809. The van der Waals surface area contributed by atoms with Crippen LogP contribution in [-0.2, 0) is 10.0 Å². The van der Waals surface area contributed by atoms with Gasteiger partial charge in [0.15, 0.2) is 23.3 Å². The summed E-state index contributed by atoms with van der Waals surface area (Å²) in [6, 6.07) is 3.45. The first-order valence-corrected chi connectivity index (χ1v) is 6.92. The van der Waals surface area contributed by atoms with Crippen LogP contribution in [-0.4, -0.2) is 8.42 Å². The SMILES string of the molecule is Nc1ccc(F)c(F)c1NS(=O)(=O)c1ccc(F)c(F)c1. The Hall–Kier alpha value is -2.29. The molecule has 21 heavy (non-hydrogen) atoms. The largest absolute Gasteiger partial charge is 0.397 e. The minimum atomic E-state index is -4.46. The normalized spacial score (nSPS) is 11.4. The number of hydrogen-bond donors (Lipinski definition) is 2.